The van der Waals surface area contributed by atoms with Gasteiger partial charge in [0.1, 0.15) is 0 Å². The fraction of sp³-hybridized carbons (Fsp3) is 0. The molecular weight excluding hydrogens is 436 g/mol. The van der Waals surface area contributed by atoms with Gasteiger partial charge in [-0.1, -0.05) is 48.5 Å². The Morgan fingerprint density at radius 2 is 1.03 bits per heavy atom. The lowest BCUT2D eigenvalue weighted by Gasteiger charge is -2.08. The van der Waals surface area contributed by atoms with E-state index in [4.69, 9.17) is 10.2 Å². The summed E-state index contributed by atoms with van der Waals surface area (Å²) in [6.45, 7) is 0. The highest BCUT2D eigenvalue weighted by atomic mass is 16.4. The van der Waals surface area contributed by atoms with Crippen molar-refractivity contribution >= 4 is 46.8 Å². The monoisotopic (exact) mass is 454 g/mol. The molecule has 0 fully saturated rings. The van der Waals surface area contributed by atoms with Crippen LogP contribution in [-0.2, 0) is 0 Å². The molecule has 0 aliphatic carbocycles. The zero-order chi connectivity index (χ0) is 23.9. The maximum atomic E-state index is 10.9. The number of carboxylic acid groups (broad SMARTS) is 2. The third-order valence-corrected chi connectivity index (χ3v) is 4.77. The molecule has 3 aromatic carbocycles. The molecule has 4 N–H and O–H groups in total. The van der Waals surface area contributed by atoms with Crippen molar-refractivity contribution in [2.24, 2.45) is 10.2 Å². The van der Waals surface area contributed by atoms with E-state index in [1.54, 1.807) is 36.7 Å². The number of nitrogens with zero attached hydrogens (tertiary/aromatic N) is 4. The van der Waals surface area contributed by atoms with Crippen molar-refractivity contribution in [1.82, 2.24) is 10.2 Å². The first-order valence-corrected chi connectivity index (χ1v) is 10.0. The normalized spacial score (nSPS) is 11.2. The van der Waals surface area contributed by atoms with Crippen LogP contribution in [0.4, 0.5) is 11.6 Å². The number of carboxylic acids is 2. The van der Waals surface area contributed by atoms with Gasteiger partial charge in [0.15, 0.2) is 11.6 Å². The number of aromatic carboxylic acids is 2. The number of hydrogen-bond acceptors (Lipinski definition) is 8. The summed E-state index contributed by atoms with van der Waals surface area (Å²) >= 11 is 0. The van der Waals surface area contributed by atoms with Crippen molar-refractivity contribution in [1.29, 1.82) is 0 Å². The first kappa shape index (κ1) is 22.1. The predicted octanol–water partition coefficient (Wildman–Crippen LogP) is 3.92. The second kappa shape index (κ2) is 10.0. The highest BCUT2D eigenvalue weighted by molar-refractivity contribution is 5.98. The van der Waals surface area contributed by atoms with E-state index in [0.717, 1.165) is 21.9 Å². The summed E-state index contributed by atoms with van der Waals surface area (Å²) in [7, 11) is 0. The largest absolute Gasteiger partial charge is 0.478 e. The van der Waals surface area contributed by atoms with Gasteiger partial charge in [-0.05, 0) is 35.4 Å². The molecule has 4 rings (SSSR count). The number of aromatic nitrogens is 2. The van der Waals surface area contributed by atoms with Gasteiger partial charge in [-0.25, -0.2) is 9.59 Å². The van der Waals surface area contributed by atoms with E-state index in [-0.39, 0.29) is 11.1 Å². The van der Waals surface area contributed by atoms with Crippen LogP contribution in [0.2, 0.25) is 0 Å². The Hall–Kier alpha value is -5.12. The Labute approximate surface area is 193 Å². The van der Waals surface area contributed by atoms with Crippen LogP contribution in [0.25, 0.3) is 10.8 Å². The van der Waals surface area contributed by atoms with Crippen LogP contribution in [0.3, 0.4) is 0 Å². The van der Waals surface area contributed by atoms with Crippen molar-refractivity contribution in [2.75, 3.05) is 10.9 Å². The highest BCUT2D eigenvalue weighted by Crippen LogP contribution is 2.25. The van der Waals surface area contributed by atoms with E-state index in [1.165, 1.54) is 24.3 Å². The fourth-order valence-electron chi connectivity index (χ4n) is 3.03. The zero-order valence-electron chi connectivity index (χ0n) is 17.6. The zero-order valence-corrected chi connectivity index (χ0v) is 17.6. The van der Waals surface area contributed by atoms with Crippen molar-refractivity contribution in [3.63, 3.8) is 0 Å². The molecule has 0 bridgehead atoms. The summed E-state index contributed by atoms with van der Waals surface area (Å²) in [6, 6.07) is 20.1. The quantitative estimate of drug-likeness (QED) is 0.231. The van der Waals surface area contributed by atoms with Gasteiger partial charge in [-0.15, -0.1) is 10.2 Å². The minimum atomic E-state index is -0.988. The molecular formula is C24H18N6O4. The highest BCUT2D eigenvalue weighted by Gasteiger charge is 2.08. The molecule has 10 heteroatoms. The maximum Gasteiger partial charge on any atom is 0.335 e. The molecule has 0 unspecified atom stereocenters. The van der Waals surface area contributed by atoms with E-state index in [9.17, 15) is 9.59 Å². The lowest BCUT2D eigenvalue weighted by atomic mass is 10.1. The molecule has 0 saturated heterocycles. The summed E-state index contributed by atoms with van der Waals surface area (Å²) in [4.78, 5) is 21.9. The number of hydrogen-bond donors (Lipinski definition) is 4. The summed E-state index contributed by atoms with van der Waals surface area (Å²) in [5.41, 5.74) is 7.57. The lowest BCUT2D eigenvalue weighted by molar-refractivity contribution is 0.0686. The van der Waals surface area contributed by atoms with Crippen LogP contribution in [0, 0.1) is 0 Å². The van der Waals surface area contributed by atoms with Crippen molar-refractivity contribution in [3.8, 4) is 0 Å². The SMILES string of the molecule is O=C(O)c1ccc(C=NNc2nnc(NN=Cc3ccc(C(=O)O)cc3)c3ccccc23)cc1. The number of rotatable bonds is 8. The molecule has 4 aromatic rings. The molecule has 0 saturated carbocycles. The molecule has 0 amide bonds. The van der Waals surface area contributed by atoms with Crippen molar-refractivity contribution < 1.29 is 19.8 Å². The van der Waals surface area contributed by atoms with Crippen LogP contribution in [0.5, 0.6) is 0 Å². The molecule has 34 heavy (non-hydrogen) atoms. The number of benzene rings is 3. The molecule has 10 nitrogen and oxygen atoms in total. The topological polar surface area (TPSA) is 149 Å². The maximum absolute atomic E-state index is 10.9. The van der Waals surface area contributed by atoms with Gasteiger partial charge < -0.3 is 10.2 Å². The Morgan fingerprint density at radius 1 is 0.647 bits per heavy atom. The summed E-state index contributed by atoms with van der Waals surface area (Å²) < 4.78 is 0. The average molecular weight is 454 g/mol. The van der Waals surface area contributed by atoms with Gasteiger partial charge in [0.2, 0.25) is 0 Å². The second-order valence-electron chi connectivity index (χ2n) is 7.04. The third-order valence-electron chi connectivity index (χ3n) is 4.77. The van der Waals surface area contributed by atoms with E-state index in [2.05, 4.69) is 31.3 Å². The van der Waals surface area contributed by atoms with Gasteiger partial charge in [0.05, 0.1) is 23.6 Å². The minimum absolute atomic E-state index is 0.199. The lowest BCUT2D eigenvalue weighted by Crippen LogP contribution is -2.02. The molecule has 0 spiro atoms. The Bertz CT molecular complexity index is 1290. The average Bonchev–Trinajstić information content (AvgIpc) is 2.85. The smallest absolute Gasteiger partial charge is 0.335 e. The molecule has 0 aliphatic heterocycles. The molecule has 0 radical (unpaired) electrons. The summed E-state index contributed by atoms with van der Waals surface area (Å²) in [6.07, 6.45) is 3.10. The summed E-state index contributed by atoms with van der Waals surface area (Å²) in [5.74, 6) is -1.10. The fourth-order valence-corrected chi connectivity index (χ4v) is 3.03. The third kappa shape index (κ3) is 5.19. The van der Waals surface area contributed by atoms with Gasteiger partial charge in [0, 0.05) is 10.8 Å². The van der Waals surface area contributed by atoms with Gasteiger partial charge in [-0.3, -0.25) is 10.9 Å². The van der Waals surface area contributed by atoms with Gasteiger partial charge in [-0.2, -0.15) is 10.2 Å². The Kier molecular flexibility index (Phi) is 6.50. The number of fused-ring (bicyclic) bond motifs is 1. The van der Waals surface area contributed by atoms with E-state index >= 15 is 0 Å². The first-order chi connectivity index (χ1) is 16.5. The van der Waals surface area contributed by atoms with E-state index < -0.39 is 11.9 Å². The molecule has 0 aliphatic rings. The van der Waals surface area contributed by atoms with Gasteiger partial charge in [0.25, 0.3) is 0 Å². The minimum Gasteiger partial charge on any atom is -0.478 e. The van der Waals surface area contributed by atoms with Crippen LogP contribution in [0.1, 0.15) is 31.8 Å². The second-order valence-corrected chi connectivity index (χ2v) is 7.04. The molecule has 1 heterocycles. The van der Waals surface area contributed by atoms with Crippen LogP contribution < -0.4 is 10.9 Å². The first-order valence-electron chi connectivity index (χ1n) is 10.0. The number of nitrogens with one attached hydrogen (secondary N) is 2. The number of carbonyl (C=O) groups is 2. The van der Waals surface area contributed by atoms with Gasteiger partial charge >= 0.3 is 11.9 Å². The van der Waals surface area contributed by atoms with Crippen molar-refractivity contribution in [3.05, 3.63) is 95.1 Å². The number of hydrazone groups is 2. The molecule has 168 valence electrons. The van der Waals surface area contributed by atoms with Crippen LogP contribution >= 0.6 is 0 Å². The molecule has 0 atom stereocenters. The predicted molar refractivity (Wildman–Crippen MR) is 129 cm³/mol. The van der Waals surface area contributed by atoms with Crippen LogP contribution in [0.15, 0.2) is 83.0 Å². The number of anilines is 2. The Balaban J connectivity index is 1.48. The van der Waals surface area contributed by atoms with Crippen LogP contribution in [-0.4, -0.2) is 44.8 Å². The Morgan fingerprint density at radius 3 is 1.38 bits per heavy atom. The van der Waals surface area contributed by atoms with Crippen molar-refractivity contribution in [2.45, 2.75) is 0 Å². The van der Waals surface area contributed by atoms with E-state index in [1.807, 2.05) is 24.3 Å². The summed E-state index contributed by atoms with van der Waals surface area (Å²) in [5, 5.41) is 36.2. The standard InChI is InChI=1S/C24H18N6O4/c31-23(32)17-9-5-15(6-10-17)13-25-27-21-19-3-1-2-4-20(19)22(30-29-21)28-26-14-16-7-11-18(12-8-16)24(33)34/h1-14H,(H,27,29)(H,28,30)(H,31,32)(H,33,34). The van der Waals surface area contributed by atoms with E-state index in [0.29, 0.717) is 11.6 Å². The molecule has 1 aromatic heterocycles.